The lowest BCUT2D eigenvalue weighted by Crippen LogP contribution is -2.25. The second-order valence-electron chi connectivity index (χ2n) is 17.8. The molecular formula is C63H46F6O15-6. The molecule has 1 heterocycles. The van der Waals surface area contributed by atoms with Crippen molar-refractivity contribution in [2.75, 3.05) is 13.7 Å². The highest BCUT2D eigenvalue weighted by Crippen LogP contribution is 2.32. The molecule has 9 aromatic carbocycles. The van der Waals surface area contributed by atoms with Gasteiger partial charge in [-0.05, 0) is 135 Å². The van der Waals surface area contributed by atoms with Crippen molar-refractivity contribution >= 4 is 68.1 Å². The number of aryl methyl sites for hydroxylation is 1. The summed E-state index contributed by atoms with van der Waals surface area (Å²) in [4.78, 5) is 63.1. The zero-order valence-corrected chi connectivity index (χ0v) is 44.2. The van der Waals surface area contributed by atoms with Crippen molar-refractivity contribution in [2.45, 2.75) is 44.8 Å². The van der Waals surface area contributed by atoms with Crippen LogP contribution in [0.5, 0.6) is 11.5 Å². The number of carboxylic acid groups (broad SMARTS) is 6. The molecule has 15 nitrogen and oxygen atoms in total. The van der Waals surface area contributed by atoms with Crippen molar-refractivity contribution in [3.63, 3.8) is 0 Å². The van der Waals surface area contributed by atoms with Crippen LogP contribution in [0.15, 0.2) is 188 Å². The summed E-state index contributed by atoms with van der Waals surface area (Å²) in [5.74, 6) is -6.43. The molecule has 0 N–H and O–H groups in total. The van der Waals surface area contributed by atoms with Crippen LogP contribution in [0.2, 0.25) is 0 Å². The Balaban J connectivity index is 0.000000185. The molecule has 0 spiro atoms. The molecule has 0 saturated carbocycles. The Bertz CT molecular complexity index is 3730. The van der Waals surface area contributed by atoms with Gasteiger partial charge in [0, 0.05) is 22.9 Å². The molecule has 9 aromatic rings. The topological polar surface area (TPSA) is 268 Å². The van der Waals surface area contributed by atoms with Crippen LogP contribution < -0.4 is 40.1 Å². The number of carboxylic acids is 6. The number of halogens is 6. The monoisotopic (exact) mass is 1160 g/mol. The van der Waals surface area contributed by atoms with Crippen molar-refractivity contribution < 1.29 is 100.0 Å². The van der Waals surface area contributed by atoms with E-state index in [0.717, 1.165) is 77.1 Å². The molecule has 21 heteroatoms. The quantitative estimate of drug-likeness (QED) is 0.131. The maximum atomic E-state index is 12.2. The Hall–Kier alpha value is -10.3. The Labute approximate surface area is 474 Å². The first kappa shape index (κ1) is 64.5. The van der Waals surface area contributed by atoms with Crippen molar-refractivity contribution in [1.29, 1.82) is 0 Å². The number of aromatic carboxylic acids is 6. The molecule has 1 unspecified atom stereocenters. The molecule has 0 aliphatic carbocycles. The van der Waals surface area contributed by atoms with Crippen molar-refractivity contribution in [2.24, 2.45) is 0 Å². The largest absolute Gasteiger partial charge is 0.545 e. The maximum Gasteiger partial charge on any atom is 0.416 e. The van der Waals surface area contributed by atoms with Crippen molar-refractivity contribution in [3.8, 4) is 11.5 Å². The number of hydrogen-bond donors (Lipinski definition) is 0. The number of alkyl halides is 6. The zero-order valence-electron chi connectivity index (χ0n) is 44.2. The fourth-order valence-electron chi connectivity index (χ4n) is 7.84. The minimum absolute atomic E-state index is 0.150. The minimum atomic E-state index is -4.53. The van der Waals surface area contributed by atoms with Gasteiger partial charge in [0.1, 0.15) is 11.5 Å². The first-order valence-electron chi connectivity index (χ1n) is 24.8. The minimum Gasteiger partial charge on any atom is -0.545 e. The van der Waals surface area contributed by atoms with E-state index < -0.39 is 64.9 Å². The predicted molar refractivity (Wildman–Crippen MR) is 283 cm³/mol. The summed E-state index contributed by atoms with van der Waals surface area (Å²) in [6.07, 6.45) is -6.13. The lowest BCUT2D eigenvalue weighted by atomic mass is 10.0. The Kier molecular flexibility index (Phi) is 23.0. The van der Waals surface area contributed by atoms with Crippen LogP contribution in [0.4, 0.5) is 26.3 Å². The molecule has 0 bridgehead atoms. The lowest BCUT2D eigenvalue weighted by Gasteiger charge is -2.23. The van der Waals surface area contributed by atoms with Crippen molar-refractivity contribution in [1.82, 2.24) is 0 Å². The number of carbonyl (C=O) groups is 6. The molecule has 0 radical (unpaired) electrons. The first-order valence-corrected chi connectivity index (χ1v) is 24.8. The number of carbonyl (C=O) groups excluding carboxylic acids is 6. The molecule has 10 rings (SSSR count). The molecule has 0 aromatic heterocycles. The van der Waals surface area contributed by atoms with Crippen LogP contribution in [-0.2, 0) is 17.1 Å². The van der Waals surface area contributed by atoms with E-state index in [-0.39, 0.29) is 39.7 Å². The SMILES string of the molecule is COc1cccc2c(C(=O)[O-])cccc12.Cc1cc(C(=O)[O-])cc(C(F)(F)F)c1.O=C([O-])c1ccc(C(F)(F)F)cc1.O=C([O-])c1ccc(OC2CCCCO2)cc1.O=C([O-])c1ccc2ccccc2c1.O=C([O-])c1cccc2ccccc12. The van der Waals surface area contributed by atoms with Gasteiger partial charge in [-0.2, -0.15) is 26.3 Å². The van der Waals surface area contributed by atoms with Gasteiger partial charge in [0.05, 0.1) is 60.7 Å². The van der Waals surface area contributed by atoms with Crippen molar-refractivity contribution in [3.05, 3.63) is 238 Å². The van der Waals surface area contributed by atoms with Gasteiger partial charge in [-0.15, -0.1) is 0 Å². The van der Waals surface area contributed by atoms with E-state index >= 15 is 0 Å². The van der Waals surface area contributed by atoms with Crippen LogP contribution in [0.1, 0.15) is 98.1 Å². The molecule has 1 atom stereocenters. The third-order valence-electron chi connectivity index (χ3n) is 11.9. The highest BCUT2D eigenvalue weighted by molar-refractivity contribution is 6.05. The fourth-order valence-corrected chi connectivity index (χ4v) is 7.84. The number of methoxy groups -OCH3 is 1. The van der Waals surface area contributed by atoms with E-state index in [2.05, 4.69) is 0 Å². The summed E-state index contributed by atoms with van der Waals surface area (Å²) < 4.78 is 88.6. The Morgan fingerprint density at radius 2 is 0.917 bits per heavy atom. The van der Waals surface area contributed by atoms with Gasteiger partial charge in [-0.25, -0.2) is 0 Å². The standard InChI is InChI=1S/C12H14O4.C12H10O3.2C11H8O2.C9H7F3O2.C8H5F3O2/c13-12(14)9-4-6-10(7-5-9)16-11-3-1-2-8-15-11;1-15-11-7-3-4-8-9(11)5-2-6-10(8)12(13)14;12-11(13)10-7-3-5-8-4-1-2-6-9(8)10;12-11(13)10-6-5-8-3-1-2-4-9(8)7-10;1-5-2-6(8(13)14)4-7(3-5)9(10,11)12;9-8(10,11)6-3-1-5(2-4-6)7(12)13/h4-7,11H,1-3,8H2,(H,13,14);2-7H,1H3,(H,13,14);2*1-7H,(H,12,13);2-4H,1H3,(H,13,14);1-4H,(H,12,13)/p-6. The molecule has 0 amide bonds. The molecule has 1 saturated heterocycles. The molecule has 84 heavy (non-hydrogen) atoms. The van der Waals surface area contributed by atoms with Gasteiger partial charge in [0.25, 0.3) is 0 Å². The van der Waals surface area contributed by atoms with E-state index in [4.69, 9.17) is 14.2 Å². The Morgan fingerprint density at radius 1 is 0.440 bits per heavy atom. The summed E-state index contributed by atoms with van der Waals surface area (Å²) in [6.45, 7) is 2.11. The number of ether oxygens (including phenoxy) is 3. The number of fused-ring (bicyclic) bond motifs is 3. The maximum absolute atomic E-state index is 12.2. The van der Waals surface area contributed by atoms with E-state index in [1.165, 1.54) is 25.1 Å². The van der Waals surface area contributed by atoms with Gasteiger partial charge in [-0.1, -0.05) is 127 Å². The smallest absolute Gasteiger partial charge is 0.416 e. The second kappa shape index (κ2) is 30.0. The average Bonchev–Trinajstić information content (AvgIpc) is 3.66. The molecule has 436 valence electrons. The summed E-state index contributed by atoms with van der Waals surface area (Å²) in [5.41, 5.74) is -1.54. The highest BCUT2D eigenvalue weighted by atomic mass is 19.4. The summed E-state index contributed by atoms with van der Waals surface area (Å²) >= 11 is 0. The van der Waals surface area contributed by atoms with E-state index in [1.807, 2.05) is 54.6 Å². The van der Waals surface area contributed by atoms with E-state index in [1.54, 1.807) is 79.9 Å². The van der Waals surface area contributed by atoms with Gasteiger partial charge in [0.2, 0.25) is 0 Å². The number of benzene rings is 9. The summed E-state index contributed by atoms with van der Waals surface area (Å²) in [7, 11) is 1.56. The van der Waals surface area contributed by atoms with Crippen LogP contribution in [0.25, 0.3) is 32.3 Å². The highest BCUT2D eigenvalue weighted by Gasteiger charge is 2.31. The van der Waals surface area contributed by atoms with Crippen LogP contribution in [0, 0.1) is 6.92 Å². The van der Waals surface area contributed by atoms with Crippen LogP contribution in [-0.4, -0.2) is 55.8 Å². The van der Waals surface area contributed by atoms with Gasteiger partial charge >= 0.3 is 12.4 Å². The summed E-state index contributed by atoms with van der Waals surface area (Å²) in [5, 5.41) is 68.2. The van der Waals surface area contributed by atoms with Gasteiger partial charge in [0.15, 0.2) is 6.29 Å². The van der Waals surface area contributed by atoms with Crippen LogP contribution >= 0.6 is 0 Å². The normalized spacial score (nSPS) is 12.5. The summed E-state index contributed by atoms with van der Waals surface area (Å²) in [6, 6.07) is 47.2. The second-order valence-corrected chi connectivity index (χ2v) is 17.8. The van der Waals surface area contributed by atoms with Gasteiger partial charge in [-0.3, -0.25) is 0 Å². The number of rotatable bonds is 9. The third kappa shape index (κ3) is 19.2. The predicted octanol–water partition coefficient (Wildman–Crippen LogP) is 7.02. The van der Waals surface area contributed by atoms with Gasteiger partial charge < -0.3 is 73.6 Å². The average molecular weight is 1160 g/mol. The fraction of sp³-hybridized carbons (Fsp3) is 0.143. The third-order valence-corrected chi connectivity index (χ3v) is 11.9. The van der Waals surface area contributed by atoms with Crippen LogP contribution in [0.3, 0.4) is 0 Å². The Morgan fingerprint density at radius 3 is 1.45 bits per heavy atom. The number of hydrogen-bond acceptors (Lipinski definition) is 15. The molecule has 1 aliphatic heterocycles. The first-order chi connectivity index (χ1) is 39.8. The molecular weight excluding hydrogens is 1110 g/mol. The lowest BCUT2D eigenvalue weighted by molar-refractivity contribution is -0.256. The molecule has 1 fully saturated rings. The van der Waals surface area contributed by atoms with E-state index in [9.17, 15) is 85.7 Å². The zero-order chi connectivity index (χ0) is 61.7. The molecule has 1 aliphatic rings. The van der Waals surface area contributed by atoms with E-state index in [0.29, 0.717) is 35.1 Å².